The van der Waals surface area contributed by atoms with Crippen molar-refractivity contribution in [1.82, 2.24) is 5.32 Å². The Morgan fingerprint density at radius 1 is 1.25 bits per heavy atom. The summed E-state index contributed by atoms with van der Waals surface area (Å²) in [6.07, 6.45) is 1.03. The number of barbiturate groups is 1. The topological polar surface area (TPSA) is 119 Å². The van der Waals surface area contributed by atoms with E-state index in [1.807, 2.05) is 0 Å². The number of carbonyl (C=O) groups excluding carboxylic acids is 3. The lowest BCUT2D eigenvalue weighted by atomic mass is 10.0. The van der Waals surface area contributed by atoms with Gasteiger partial charge in [-0.05, 0) is 31.2 Å². The maximum absolute atomic E-state index is 12.5. The number of aliphatic imine (C=N–C) groups is 1. The Bertz CT molecular complexity index is 685. The van der Waals surface area contributed by atoms with Crippen molar-refractivity contribution < 1.29 is 24.6 Å². The van der Waals surface area contributed by atoms with E-state index in [1.54, 1.807) is 0 Å². The molecule has 2 rings (SSSR count). The van der Waals surface area contributed by atoms with Crippen molar-refractivity contribution in [2.75, 3.05) is 18.1 Å². The molecule has 0 saturated carbocycles. The summed E-state index contributed by atoms with van der Waals surface area (Å²) in [6.45, 7) is 0.515. The number of imide groups is 2. The molecule has 1 aliphatic rings. The van der Waals surface area contributed by atoms with Gasteiger partial charge in [0.2, 0.25) is 5.91 Å². The number of nitrogens with zero attached hydrogens (tertiary/aromatic N) is 2. The van der Waals surface area contributed by atoms with Crippen LogP contribution in [0.2, 0.25) is 5.02 Å². The average molecular weight is 354 g/mol. The van der Waals surface area contributed by atoms with Crippen LogP contribution >= 0.6 is 11.6 Å². The van der Waals surface area contributed by atoms with Crippen LogP contribution in [0.4, 0.5) is 10.5 Å². The van der Waals surface area contributed by atoms with Gasteiger partial charge < -0.3 is 10.2 Å². The van der Waals surface area contributed by atoms with Gasteiger partial charge in [0.25, 0.3) is 5.91 Å². The van der Waals surface area contributed by atoms with E-state index >= 15 is 0 Å². The molecule has 0 aromatic heterocycles. The van der Waals surface area contributed by atoms with Crippen LogP contribution in [-0.2, 0) is 9.59 Å². The van der Waals surface area contributed by atoms with Crippen molar-refractivity contribution in [3.63, 3.8) is 0 Å². The highest BCUT2D eigenvalue weighted by Gasteiger charge is 2.40. The second-order valence-electron chi connectivity index (χ2n) is 5.51. The maximum atomic E-state index is 12.5. The van der Waals surface area contributed by atoms with E-state index < -0.39 is 42.5 Å². The summed E-state index contributed by atoms with van der Waals surface area (Å²) in [6, 6.07) is 5.08. The van der Waals surface area contributed by atoms with Crippen molar-refractivity contribution in [2.45, 2.75) is 12.5 Å². The number of nitrogens with one attached hydrogen (secondary N) is 1. The second kappa shape index (κ2) is 7.08. The number of carbonyl (C=O) groups is 3. The van der Waals surface area contributed by atoms with Crippen molar-refractivity contribution >= 4 is 41.3 Å². The van der Waals surface area contributed by atoms with Gasteiger partial charge in [-0.15, -0.1) is 0 Å². The molecular formula is C15H16ClN3O5. The number of hydrogen-bond donors (Lipinski definition) is 3. The standard InChI is InChI=1S/C15H16ClN3O5/c1-15(7-20,8-21)17-6-11-12(22)18-14(24)19(13(11)23)10-4-2-9(16)3-5-10/h2-6,11,20-21H,7-8H2,1H3,(H,18,22,24). The Kier molecular flexibility index (Phi) is 5.33. The van der Waals surface area contributed by atoms with Crippen molar-refractivity contribution in [3.8, 4) is 0 Å². The van der Waals surface area contributed by atoms with Gasteiger partial charge in [0.05, 0.1) is 18.9 Å². The molecule has 0 bridgehead atoms. The predicted octanol–water partition coefficient (Wildman–Crippen LogP) is 0.353. The molecule has 24 heavy (non-hydrogen) atoms. The molecule has 0 spiro atoms. The van der Waals surface area contributed by atoms with Gasteiger partial charge in [0.15, 0.2) is 5.92 Å². The fourth-order valence-corrected chi connectivity index (χ4v) is 2.07. The zero-order chi connectivity index (χ0) is 17.9. The summed E-state index contributed by atoms with van der Waals surface area (Å²) in [5.74, 6) is -2.96. The number of aliphatic hydroxyl groups excluding tert-OH is 2. The Labute approximate surface area is 142 Å². The lowest BCUT2D eigenvalue weighted by molar-refractivity contribution is -0.131. The summed E-state index contributed by atoms with van der Waals surface area (Å²) in [4.78, 5) is 41.1. The molecule has 128 valence electrons. The SMILES string of the molecule is CC(CO)(CO)N=CC1C(=O)NC(=O)N(c2ccc(Cl)cc2)C1=O. The summed E-state index contributed by atoms with van der Waals surface area (Å²) >= 11 is 5.78. The van der Waals surface area contributed by atoms with E-state index in [2.05, 4.69) is 10.3 Å². The first-order valence-corrected chi connectivity index (χ1v) is 7.40. The molecule has 1 heterocycles. The zero-order valence-electron chi connectivity index (χ0n) is 12.8. The molecule has 4 amide bonds. The van der Waals surface area contributed by atoms with E-state index in [9.17, 15) is 24.6 Å². The molecule has 1 atom stereocenters. The first kappa shape index (κ1) is 18.1. The predicted molar refractivity (Wildman–Crippen MR) is 87.0 cm³/mol. The van der Waals surface area contributed by atoms with Gasteiger partial charge in [-0.3, -0.25) is 19.9 Å². The Morgan fingerprint density at radius 2 is 1.83 bits per heavy atom. The van der Waals surface area contributed by atoms with Gasteiger partial charge in [-0.1, -0.05) is 11.6 Å². The molecule has 0 aliphatic carbocycles. The minimum absolute atomic E-state index is 0.250. The zero-order valence-corrected chi connectivity index (χ0v) is 13.5. The van der Waals surface area contributed by atoms with Crippen LogP contribution in [0.5, 0.6) is 0 Å². The van der Waals surface area contributed by atoms with Gasteiger partial charge in [-0.2, -0.15) is 0 Å². The summed E-state index contributed by atoms with van der Waals surface area (Å²) in [5, 5.41) is 20.9. The van der Waals surface area contributed by atoms with E-state index in [-0.39, 0.29) is 5.69 Å². The minimum atomic E-state index is -1.35. The van der Waals surface area contributed by atoms with Gasteiger partial charge in [-0.25, -0.2) is 9.69 Å². The van der Waals surface area contributed by atoms with Crippen LogP contribution in [0.3, 0.4) is 0 Å². The quantitative estimate of drug-likeness (QED) is 0.521. The van der Waals surface area contributed by atoms with Crippen molar-refractivity contribution in [1.29, 1.82) is 0 Å². The Balaban J connectivity index is 2.31. The van der Waals surface area contributed by atoms with Crippen LogP contribution in [0.1, 0.15) is 6.92 Å². The highest BCUT2D eigenvalue weighted by molar-refractivity contribution is 6.33. The number of aliphatic hydroxyl groups is 2. The third-order valence-corrected chi connectivity index (χ3v) is 3.76. The average Bonchev–Trinajstić information content (AvgIpc) is 2.55. The second-order valence-corrected chi connectivity index (χ2v) is 5.95. The molecule has 1 aromatic carbocycles. The fourth-order valence-electron chi connectivity index (χ4n) is 1.94. The lowest BCUT2D eigenvalue weighted by Gasteiger charge is -2.29. The number of benzene rings is 1. The molecule has 1 unspecified atom stereocenters. The normalized spacial score (nSPS) is 19.1. The molecule has 1 saturated heterocycles. The first-order chi connectivity index (χ1) is 11.3. The summed E-state index contributed by atoms with van der Waals surface area (Å²) in [5.41, 5.74) is -0.979. The number of rotatable bonds is 5. The van der Waals surface area contributed by atoms with Gasteiger partial charge >= 0.3 is 6.03 Å². The minimum Gasteiger partial charge on any atom is -0.394 e. The van der Waals surface area contributed by atoms with Crippen molar-refractivity contribution in [2.24, 2.45) is 10.9 Å². The van der Waals surface area contributed by atoms with Gasteiger partial charge in [0, 0.05) is 11.2 Å². The molecule has 1 aromatic rings. The number of hydrogen-bond acceptors (Lipinski definition) is 6. The van der Waals surface area contributed by atoms with E-state index in [4.69, 9.17) is 11.6 Å². The molecular weight excluding hydrogens is 338 g/mol. The third-order valence-electron chi connectivity index (χ3n) is 3.50. The smallest absolute Gasteiger partial charge is 0.335 e. The maximum Gasteiger partial charge on any atom is 0.335 e. The fraction of sp³-hybridized carbons (Fsp3) is 0.333. The van der Waals surface area contributed by atoms with Crippen LogP contribution < -0.4 is 10.2 Å². The lowest BCUT2D eigenvalue weighted by Crippen LogP contribution is -2.58. The third kappa shape index (κ3) is 3.61. The molecule has 0 radical (unpaired) electrons. The molecule has 9 heteroatoms. The van der Waals surface area contributed by atoms with E-state index in [1.165, 1.54) is 31.2 Å². The highest BCUT2D eigenvalue weighted by Crippen LogP contribution is 2.22. The molecule has 1 fully saturated rings. The number of halogens is 1. The monoisotopic (exact) mass is 353 g/mol. The summed E-state index contributed by atoms with van der Waals surface area (Å²) < 4.78 is 0. The van der Waals surface area contributed by atoms with Crippen LogP contribution in [0.25, 0.3) is 0 Å². The van der Waals surface area contributed by atoms with Crippen LogP contribution in [0, 0.1) is 5.92 Å². The Morgan fingerprint density at radius 3 is 2.38 bits per heavy atom. The van der Waals surface area contributed by atoms with E-state index in [0.29, 0.717) is 5.02 Å². The highest BCUT2D eigenvalue weighted by atomic mass is 35.5. The number of amides is 4. The molecule has 1 aliphatic heterocycles. The largest absolute Gasteiger partial charge is 0.394 e. The first-order valence-electron chi connectivity index (χ1n) is 7.03. The molecule has 8 nitrogen and oxygen atoms in total. The number of urea groups is 1. The summed E-state index contributed by atoms with van der Waals surface area (Å²) in [7, 11) is 0. The van der Waals surface area contributed by atoms with Gasteiger partial charge in [0.1, 0.15) is 5.54 Å². The molecule has 3 N–H and O–H groups in total. The Hall–Kier alpha value is -2.29. The number of anilines is 1. The van der Waals surface area contributed by atoms with Crippen molar-refractivity contribution in [3.05, 3.63) is 29.3 Å². The van der Waals surface area contributed by atoms with Crippen LogP contribution in [0.15, 0.2) is 29.3 Å². The van der Waals surface area contributed by atoms with E-state index in [0.717, 1.165) is 11.1 Å². The van der Waals surface area contributed by atoms with Crippen LogP contribution in [-0.4, -0.2) is 53.0 Å².